The van der Waals surface area contributed by atoms with Gasteiger partial charge in [-0.05, 0) is 51.9 Å². The van der Waals surface area contributed by atoms with Crippen molar-refractivity contribution in [3.8, 4) is 0 Å². The Morgan fingerprint density at radius 3 is 2.72 bits per heavy atom. The molecule has 1 N–H and O–H groups in total. The summed E-state index contributed by atoms with van der Waals surface area (Å²) in [6.45, 7) is 0. The molecule has 0 aliphatic heterocycles. The van der Waals surface area contributed by atoms with E-state index in [9.17, 15) is 5.11 Å². The molecular formula is C15H15BrOS. The number of hydrogen-bond donors (Lipinski definition) is 1. The van der Waals surface area contributed by atoms with Crippen molar-refractivity contribution in [2.24, 2.45) is 0 Å². The number of rotatable bonds is 3. The summed E-state index contributed by atoms with van der Waals surface area (Å²) in [5.74, 6) is 0.715. The van der Waals surface area contributed by atoms with Crippen molar-refractivity contribution in [2.75, 3.05) is 0 Å². The standard InChI is InChI=1S/C15H15BrOS/c16-13-8-14(18-9-13)15(17)12-6-2-5-11(7-12)10-3-1-4-10/h2,5-10,15,17H,1,3-4H2. The first-order valence-corrected chi connectivity index (χ1v) is 7.93. The zero-order valence-electron chi connectivity index (χ0n) is 9.97. The molecule has 0 amide bonds. The van der Waals surface area contributed by atoms with Crippen LogP contribution in [0.4, 0.5) is 0 Å². The largest absolute Gasteiger partial charge is 0.383 e. The maximum Gasteiger partial charge on any atom is 0.113 e. The van der Waals surface area contributed by atoms with Gasteiger partial charge in [0.2, 0.25) is 0 Å². The zero-order chi connectivity index (χ0) is 12.5. The fraction of sp³-hybridized carbons (Fsp3) is 0.333. The van der Waals surface area contributed by atoms with Gasteiger partial charge in [-0.2, -0.15) is 0 Å². The fourth-order valence-electron chi connectivity index (χ4n) is 2.36. The Hall–Kier alpha value is -0.640. The van der Waals surface area contributed by atoms with E-state index in [1.165, 1.54) is 24.8 Å². The monoisotopic (exact) mass is 322 g/mol. The van der Waals surface area contributed by atoms with Crippen molar-refractivity contribution in [3.05, 3.63) is 56.2 Å². The molecule has 1 saturated carbocycles. The summed E-state index contributed by atoms with van der Waals surface area (Å²) in [6.07, 6.45) is 3.44. The normalized spacial score (nSPS) is 17.4. The Labute approximate surface area is 120 Å². The summed E-state index contributed by atoms with van der Waals surface area (Å²) in [4.78, 5) is 0.993. The quantitative estimate of drug-likeness (QED) is 0.855. The van der Waals surface area contributed by atoms with Crippen molar-refractivity contribution in [2.45, 2.75) is 31.3 Å². The van der Waals surface area contributed by atoms with Crippen molar-refractivity contribution in [1.82, 2.24) is 0 Å². The van der Waals surface area contributed by atoms with E-state index in [1.54, 1.807) is 11.3 Å². The topological polar surface area (TPSA) is 20.2 Å². The van der Waals surface area contributed by atoms with Gasteiger partial charge in [0.05, 0.1) is 0 Å². The molecule has 1 atom stereocenters. The van der Waals surface area contributed by atoms with Crippen LogP contribution in [0.3, 0.4) is 0 Å². The lowest BCUT2D eigenvalue weighted by Crippen LogP contribution is -2.09. The van der Waals surface area contributed by atoms with Crippen LogP contribution < -0.4 is 0 Å². The summed E-state index contributed by atoms with van der Waals surface area (Å²) < 4.78 is 1.04. The average Bonchev–Trinajstić information content (AvgIpc) is 2.73. The van der Waals surface area contributed by atoms with E-state index >= 15 is 0 Å². The zero-order valence-corrected chi connectivity index (χ0v) is 12.4. The van der Waals surface area contributed by atoms with Crippen LogP contribution in [0.5, 0.6) is 0 Å². The molecule has 1 aromatic heterocycles. The first-order valence-electron chi connectivity index (χ1n) is 6.26. The minimum absolute atomic E-state index is 0.499. The predicted octanol–water partition coefficient (Wildman–Crippen LogP) is 4.86. The lowest BCUT2D eigenvalue weighted by Gasteiger charge is -2.26. The molecular weight excluding hydrogens is 308 g/mol. The first-order chi connectivity index (χ1) is 8.74. The smallest absolute Gasteiger partial charge is 0.113 e. The molecule has 1 aliphatic carbocycles. The van der Waals surface area contributed by atoms with Gasteiger partial charge in [0, 0.05) is 14.7 Å². The third kappa shape index (κ3) is 2.40. The Balaban J connectivity index is 1.86. The van der Waals surface area contributed by atoms with Gasteiger partial charge in [-0.15, -0.1) is 11.3 Å². The van der Waals surface area contributed by atoms with Gasteiger partial charge in [0.1, 0.15) is 6.10 Å². The highest BCUT2D eigenvalue weighted by Crippen LogP contribution is 2.38. The maximum absolute atomic E-state index is 10.4. The fourth-order valence-corrected chi connectivity index (χ4v) is 3.82. The van der Waals surface area contributed by atoms with Gasteiger partial charge in [0.25, 0.3) is 0 Å². The average molecular weight is 323 g/mol. The second-order valence-corrected chi connectivity index (χ2v) is 6.73. The van der Waals surface area contributed by atoms with Crippen LogP contribution >= 0.6 is 27.3 Å². The summed E-state index contributed by atoms with van der Waals surface area (Å²) in [7, 11) is 0. The number of thiophene rings is 1. The molecule has 1 unspecified atom stereocenters. The highest BCUT2D eigenvalue weighted by molar-refractivity contribution is 9.10. The number of benzene rings is 1. The van der Waals surface area contributed by atoms with Gasteiger partial charge in [-0.1, -0.05) is 30.7 Å². The second-order valence-electron chi connectivity index (χ2n) is 4.87. The second kappa shape index (κ2) is 5.16. The summed E-state index contributed by atoms with van der Waals surface area (Å²) in [5.41, 5.74) is 2.39. The van der Waals surface area contributed by atoms with Gasteiger partial charge < -0.3 is 5.11 Å². The van der Waals surface area contributed by atoms with Crippen molar-refractivity contribution < 1.29 is 5.11 Å². The Morgan fingerprint density at radius 1 is 1.28 bits per heavy atom. The summed E-state index contributed by atoms with van der Waals surface area (Å²) in [6, 6.07) is 10.4. The van der Waals surface area contributed by atoms with Crippen LogP contribution in [0.1, 0.15) is 47.3 Å². The molecule has 1 heterocycles. The van der Waals surface area contributed by atoms with Gasteiger partial charge in [0.15, 0.2) is 0 Å². The van der Waals surface area contributed by atoms with E-state index in [0.717, 1.165) is 14.9 Å². The predicted molar refractivity (Wildman–Crippen MR) is 79.1 cm³/mol. The van der Waals surface area contributed by atoms with Crippen LogP contribution in [0.25, 0.3) is 0 Å². The Bertz CT molecular complexity index is 545. The lowest BCUT2D eigenvalue weighted by molar-refractivity contribution is 0.224. The van der Waals surface area contributed by atoms with E-state index in [1.807, 2.05) is 17.5 Å². The molecule has 1 nitrogen and oxygen atoms in total. The van der Waals surface area contributed by atoms with E-state index in [0.29, 0.717) is 5.92 Å². The SMILES string of the molecule is OC(c1cccc(C2CCC2)c1)c1cc(Br)cs1. The molecule has 3 heteroatoms. The number of aliphatic hydroxyl groups excluding tert-OH is 1. The van der Waals surface area contributed by atoms with Gasteiger partial charge in [-0.25, -0.2) is 0 Å². The van der Waals surface area contributed by atoms with Crippen LogP contribution in [-0.4, -0.2) is 5.11 Å². The van der Waals surface area contributed by atoms with Crippen LogP contribution in [0.15, 0.2) is 40.2 Å². The van der Waals surface area contributed by atoms with E-state index in [-0.39, 0.29) is 0 Å². The maximum atomic E-state index is 10.4. The van der Waals surface area contributed by atoms with Crippen LogP contribution in [-0.2, 0) is 0 Å². The molecule has 18 heavy (non-hydrogen) atoms. The third-order valence-corrected chi connectivity index (χ3v) is 5.41. The minimum atomic E-state index is -0.499. The summed E-state index contributed by atoms with van der Waals surface area (Å²) in [5, 5.41) is 12.4. The van der Waals surface area contributed by atoms with E-state index in [2.05, 4.69) is 34.1 Å². The van der Waals surface area contributed by atoms with E-state index < -0.39 is 6.10 Å². The van der Waals surface area contributed by atoms with Crippen molar-refractivity contribution in [1.29, 1.82) is 0 Å². The molecule has 0 saturated heterocycles. The summed E-state index contributed by atoms with van der Waals surface area (Å²) >= 11 is 5.02. The molecule has 1 aliphatic rings. The first kappa shape index (κ1) is 12.4. The highest BCUT2D eigenvalue weighted by Gasteiger charge is 2.21. The molecule has 3 rings (SSSR count). The molecule has 0 bridgehead atoms. The highest BCUT2D eigenvalue weighted by atomic mass is 79.9. The Kier molecular flexibility index (Phi) is 3.55. The van der Waals surface area contributed by atoms with Crippen molar-refractivity contribution >= 4 is 27.3 Å². The number of hydrogen-bond acceptors (Lipinski definition) is 2. The third-order valence-electron chi connectivity index (χ3n) is 3.66. The number of halogens is 1. The molecule has 0 spiro atoms. The van der Waals surface area contributed by atoms with Gasteiger partial charge >= 0.3 is 0 Å². The van der Waals surface area contributed by atoms with E-state index in [4.69, 9.17) is 0 Å². The van der Waals surface area contributed by atoms with Gasteiger partial charge in [-0.3, -0.25) is 0 Å². The van der Waals surface area contributed by atoms with Crippen LogP contribution in [0.2, 0.25) is 0 Å². The molecule has 2 aromatic rings. The molecule has 1 fully saturated rings. The minimum Gasteiger partial charge on any atom is -0.383 e. The number of aliphatic hydroxyl groups is 1. The molecule has 94 valence electrons. The van der Waals surface area contributed by atoms with Crippen molar-refractivity contribution in [3.63, 3.8) is 0 Å². The molecule has 1 aromatic carbocycles. The van der Waals surface area contributed by atoms with Crippen LogP contribution in [0, 0.1) is 0 Å². The molecule has 0 radical (unpaired) electrons. The Morgan fingerprint density at radius 2 is 2.11 bits per heavy atom. The lowest BCUT2D eigenvalue weighted by atomic mass is 9.79.